The molecule has 2 N–H and O–H groups in total. The largest absolute Gasteiger partial charge is 0.385 e. The summed E-state index contributed by atoms with van der Waals surface area (Å²) in [5.74, 6) is 0. The van der Waals surface area contributed by atoms with Gasteiger partial charge in [0.15, 0.2) is 0 Å². The number of nitrogens with two attached hydrogens (primary N) is 1. The Hall–Kier alpha value is -0.900. The molecule has 3 heteroatoms. The van der Waals surface area contributed by atoms with Crippen molar-refractivity contribution in [1.82, 2.24) is 4.90 Å². The Morgan fingerprint density at radius 2 is 1.82 bits per heavy atom. The van der Waals surface area contributed by atoms with Crippen LogP contribution in [-0.4, -0.2) is 31.7 Å². The van der Waals surface area contributed by atoms with E-state index in [1.165, 1.54) is 11.1 Å². The van der Waals surface area contributed by atoms with Crippen LogP contribution in [0, 0.1) is 0 Å². The zero-order chi connectivity index (χ0) is 12.7. The summed E-state index contributed by atoms with van der Waals surface area (Å²) in [6.07, 6.45) is 1.06. The first-order valence-electron chi connectivity index (χ1n) is 6.14. The summed E-state index contributed by atoms with van der Waals surface area (Å²) in [5.41, 5.74) is 8.09. The SMILES string of the molecule is COCCC(C)N(C)Cc1ccc(CN)cc1. The van der Waals surface area contributed by atoms with Crippen LogP contribution < -0.4 is 5.73 Å². The number of benzene rings is 1. The van der Waals surface area contributed by atoms with Crippen LogP contribution in [0.1, 0.15) is 24.5 Å². The molecule has 0 radical (unpaired) electrons. The molecule has 0 aromatic heterocycles. The summed E-state index contributed by atoms with van der Waals surface area (Å²) >= 11 is 0. The molecule has 0 heterocycles. The van der Waals surface area contributed by atoms with Gasteiger partial charge in [-0.3, -0.25) is 4.90 Å². The highest BCUT2D eigenvalue weighted by molar-refractivity contribution is 5.22. The van der Waals surface area contributed by atoms with Gasteiger partial charge in [0.2, 0.25) is 0 Å². The number of hydrogen-bond donors (Lipinski definition) is 1. The second kappa shape index (κ2) is 7.43. The normalized spacial score (nSPS) is 13.0. The second-order valence-corrected chi connectivity index (χ2v) is 4.57. The molecule has 0 fully saturated rings. The Balaban J connectivity index is 2.46. The average molecular weight is 236 g/mol. The second-order valence-electron chi connectivity index (χ2n) is 4.57. The van der Waals surface area contributed by atoms with Gasteiger partial charge in [0.05, 0.1) is 0 Å². The first-order chi connectivity index (χ1) is 8.17. The molecular weight excluding hydrogens is 212 g/mol. The Bertz CT molecular complexity index is 311. The van der Waals surface area contributed by atoms with E-state index in [4.69, 9.17) is 10.5 Å². The summed E-state index contributed by atoms with van der Waals surface area (Å²) in [6.45, 7) is 4.63. The minimum atomic E-state index is 0.532. The Morgan fingerprint density at radius 3 is 2.35 bits per heavy atom. The van der Waals surface area contributed by atoms with Crippen molar-refractivity contribution in [2.45, 2.75) is 32.5 Å². The molecule has 0 bridgehead atoms. The van der Waals surface area contributed by atoms with Crippen molar-refractivity contribution in [3.05, 3.63) is 35.4 Å². The van der Waals surface area contributed by atoms with Gasteiger partial charge in [-0.1, -0.05) is 24.3 Å². The topological polar surface area (TPSA) is 38.5 Å². The third-order valence-corrected chi connectivity index (χ3v) is 3.18. The van der Waals surface area contributed by atoms with Gasteiger partial charge in [0.25, 0.3) is 0 Å². The Kier molecular flexibility index (Phi) is 6.19. The highest BCUT2D eigenvalue weighted by Gasteiger charge is 2.09. The summed E-state index contributed by atoms with van der Waals surface area (Å²) in [4.78, 5) is 2.34. The minimum absolute atomic E-state index is 0.532. The van der Waals surface area contributed by atoms with Crippen LogP contribution in [0.4, 0.5) is 0 Å². The van der Waals surface area contributed by atoms with Crippen molar-refractivity contribution < 1.29 is 4.74 Å². The number of hydrogen-bond acceptors (Lipinski definition) is 3. The van der Waals surface area contributed by atoms with Gasteiger partial charge in [-0.15, -0.1) is 0 Å². The van der Waals surface area contributed by atoms with Crippen molar-refractivity contribution in [2.75, 3.05) is 20.8 Å². The summed E-state index contributed by atoms with van der Waals surface area (Å²) in [6, 6.07) is 9.04. The van der Waals surface area contributed by atoms with Crippen molar-refractivity contribution in [3.8, 4) is 0 Å². The van der Waals surface area contributed by atoms with E-state index in [0.717, 1.165) is 19.6 Å². The van der Waals surface area contributed by atoms with E-state index < -0.39 is 0 Å². The van der Waals surface area contributed by atoms with Crippen LogP contribution in [0.15, 0.2) is 24.3 Å². The van der Waals surface area contributed by atoms with E-state index >= 15 is 0 Å². The highest BCUT2D eigenvalue weighted by atomic mass is 16.5. The molecule has 1 unspecified atom stereocenters. The first kappa shape index (κ1) is 14.2. The van der Waals surface area contributed by atoms with Crippen molar-refractivity contribution >= 4 is 0 Å². The van der Waals surface area contributed by atoms with E-state index in [1.54, 1.807) is 7.11 Å². The van der Waals surface area contributed by atoms with Gasteiger partial charge in [-0.05, 0) is 31.5 Å². The lowest BCUT2D eigenvalue weighted by Gasteiger charge is -2.24. The Labute approximate surface area is 105 Å². The molecule has 0 aliphatic rings. The molecule has 1 atom stereocenters. The molecule has 1 aromatic rings. The first-order valence-corrected chi connectivity index (χ1v) is 6.14. The molecular formula is C14H24N2O. The number of ether oxygens (including phenoxy) is 1. The minimum Gasteiger partial charge on any atom is -0.385 e. The molecule has 1 aromatic carbocycles. The highest BCUT2D eigenvalue weighted by Crippen LogP contribution is 2.10. The smallest absolute Gasteiger partial charge is 0.0477 e. The summed E-state index contributed by atoms with van der Waals surface area (Å²) in [7, 11) is 3.90. The maximum absolute atomic E-state index is 5.58. The maximum atomic E-state index is 5.58. The van der Waals surface area contributed by atoms with Crippen LogP contribution in [0.3, 0.4) is 0 Å². The lowest BCUT2D eigenvalue weighted by molar-refractivity contribution is 0.150. The van der Waals surface area contributed by atoms with Crippen molar-refractivity contribution in [1.29, 1.82) is 0 Å². The zero-order valence-electron chi connectivity index (χ0n) is 11.1. The Morgan fingerprint density at radius 1 is 1.24 bits per heavy atom. The van der Waals surface area contributed by atoms with Crippen LogP contribution in [0.5, 0.6) is 0 Å². The van der Waals surface area contributed by atoms with E-state index in [0.29, 0.717) is 12.6 Å². The predicted molar refractivity (Wildman–Crippen MR) is 71.8 cm³/mol. The molecule has 0 aliphatic heterocycles. The van der Waals surface area contributed by atoms with Crippen LogP contribution in [-0.2, 0) is 17.8 Å². The van der Waals surface area contributed by atoms with Crippen LogP contribution in [0.2, 0.25) is 0 Å². The average Bonchev–Trinajstić information content (AvgIpc) is 2.36. The molecule has 0 aliphatic carbocycles. The molecule has 1 rings (SSSR count). The number of nitrogens with zero attached hydrogens (tertiary/aromatic N) is 1. The molecule has 0 amide bonds. The van der Waals surface area contributed by atoms with Crippen molar-refractivity contribution in [3.63, 3.8) is 0 Å². The van der Waals surface area contributed by atoms with Gasteiger partial charge < -0.3 is 10.5 Å². The fraction of sp³-hybridized carbons (Fsp3) is 0.571. The standard InChI is InChI=1S/C14H24N2O/c1-12(8-9-17-3)16(2)11-14-6-4-13(10-15)5-7-14/h4-7,12H,8-11,15H2,1-3H3. The van der Waals surface area contributed by atoms with Gasteiger partial charge >= 0.3 is 0 Å². The molecule has 3 nitrogen and oxygen atoms in total. The quantitative estimate of drug-likeness (QED) is 0.787. The van der Waals surface area contributed by atoms with E-state index in [9.17, 15) is 0 Å². The molecule has 17 heavy (non-hydrogen) atoms. The molecule has 0 saturated heterocycles. The monoisotopic (exact) mass is 236 g/mol. The van der Waals surface area contributed by atoms with Crippen LogP contribution >= 0.6 is 0 Å². The van der Waals surface area contributed by atoms with Crippen LogP contribution in [0.25, 0.3) is 0 Å². The lowest BCUT2D eigenvalue weighted by atomic mass is 10.1. The van der Waals surface area contributed by atoms with Crippen molar-refractivity contribution in [2.24, 2.45) is 5.73 Å². The van der Waals surface area contributed by atoms with Gasteiger partial charge in [0, 0.05) is 32.8 Å². The zero-order valence-corrected chi connectivity index (χ0v) is 11.1. The predicted octanol–water partition coefficient (Wildman–Crippen LogP) is 2.00. The fourth-order valence-electron chi connectivity index (χ4n) is 1.73. The third-order valence-electron chi connectivity index (χ3n) is 3.18. The summed E-state index contributed by atoms with van der Waals surface area (Å²) in [5, 5.41) is 0. The third kappa shape index (κ3) is 4.86. The van der Waals surface area contributed by atoms with E-state index in [1.807, 2.05) is 0 Å². The van der Waals surface area contributed by atoms with E-state index in [2.05, 4.69) is 43.1 Å². The number of rotatable bonds is 7. The number of methoxy groups -OCH3 is 1. The fourth-order valence-corrected chi connectivity index (χ4v) is 1.73. The lowest BCUT2D eigenvalue weighted by Crippen LogP contribution is -2.29. The summed E-state index contributed by atoms with van der Waals surface area (Å²) < 4.78 is 5.10. The van der Waals surface area contributed by atoms with Gasteiger partial charge in [-0.25, -0.2) is 0 Å². The van der Waals surface area contributed by atoms with Gasteiger partial charge in [-0.2, -0.15) is 0 Å². The maximum Gasteiger partial charge on any atom is 0.0477 e. The van der Waals surface area contributed by atoms with Gasteiger partial charge in [0.1, 0.15) is 0 Å². The molecule has 96 valence electrons. The van der Waals surface area contributed by atoms with E-state index in [-0.39, 0.29) is 0 Å². The molecule has 0 spiro atoms. The molecule has 0 saturated carbocycles.